The molecule has 3 rings (SSSR count). The maximum Gasteiger partial charge on any atom is 0.408 e. The van der Waals surface area contributed by atoms with Crippen LogP contribution in [-0.4, -0.2) is 87.8 Å². The van der Waals surface area contributed by atoms with Gasteiger partial charge in [0.15, 0.2) is 0 Å². The zero-order valence-corrected chi connectivity index (χ0v) is 19.3. The molecule has 1 unspecified atom stereocenters. The van der Waals surface area contributed by atoms with E-state index >= 15 is 0 Å². The number of primary amides is 1. The lowest BCUT2D eigenvalue weighted by molar-refractivity contribution is -0.178. The zero-order chi connectivity index (χ0) is 25.0. The number of amides is 4. The predicted octanol–water partition coefficient (Wildman–Crippen LogP) is -0.652. The number of rotatable bonds is 8. The number of hydrogen-bond donors (Lipinski definition) is 4. The van der Waals surface area contributed by atoms with Crippen LogP contribution in [0, 0.1) is 5.41 Å². The van der Waals surface area contributed by atoms with Gasteiger partial charge in [-0.25, -0.2) is 4.79 Å². The fourth-order valence-corrected chi connectivity index (χ4v) is 4.66. The summed E-state index contributed by atoms with van der Waals surface area (Å²) in [7, 11) is 0. The van der Waals surface area contributed by atoms with E-state index in [0.29, 0.717) is 19.4 Å². The zero-order valence-electron chi connectivity index (χ0n) is 19.3. The number of β-lactam (4-membered cyclic amide) rings is 1. The van der Waals surface area contributed by atoms with Crippen LogP contribution in [0.2, 0.25) is 0 Å². The second-order valence-electron chi connectivity index (χ2n) is 9.09. The molecule has 2 saturated heterocycles. The van der Waals surface area contributed by atoms with Gasteiger partial charge in [0.25, 0.3) is 0 Å². The first-order valence-corrected chi connectivity index (χ1v) is 11.3. The van der Waals surface area contributed by atoms with E-state index in [1.165, 1.54) is 23.6 Å². The van der Waals surface area contributed by atoms with Crippen molar-refractivity contribution in [1.29, 1.82) is 0 Å². The van der Waals surface area contributed by atoms with Crippen LogP contribution in [0.1, 0.15) is 32.3 Å². The van der Waals surface area contributed by atoms with Crippen molar-refractivity contribution >= 4 is 23.8 Å². The summed E-state index contributed by atoms with van der Waals surface area (Å²) in [5, 5.41) is 22.4. The van der Waals surface area contributed by atoms with Crippen LogP contribution in [0.5, 0.6) is 0 Å². The van der Waals surface area contributed by atoms with Crippen LogP contribution < -0.4 is 11.1 Å². The number of nitrogens with one attached hydrogen (secondary N) is 1. The Morgan fingerprint density at radius 2 is 1.82 bits per heavy atom. The molecule has 0 aromatic heterocycles. The Balaban J connectivity index is 1.62. The lowest BCUT2D eigenvalue weighted by Crippen LogP contribution is -2.73. The highest BCUT2D eigenvalue weighted by Crippen LogP contribution is 2.42. The molecule has 2 fully saturated rings. The highest BCUT2D eigenvalue weighted by molar-refractivity contribution is 5.95. The third-order valence-corrected chi connectivity index (χ3v) is 6.39. The van der Waals surface area contributed by atoms with Crippen LogP contribution in [0.4, 0.5) is 4.79 Å². The molecular formula is C23H32N4O7. The Morgan fingerprint density at radius 1 is 1.15 bits per heavy atom. The lowest BCUT2D eigenvalue weighted by atomic mass is 9.71. The van der Waals surface area contributed by atoms with Crippen molar-refractivity contribution in [3.63, 3.8) is 0 Å². The largest absolute Gasteiger partial charge is 0.445 e. The number of ether oxygens (including phenoxy) is 1. The summed E-state index contributed by atoms with van der Waals surface area (Å²) in [6, 6.07) is 6.65. The van der Waals surface area contributed by atoms with E-state index in [0.717, 1.165) is 5.56 Å². The molecule has 5 atom stereocenters. The summed E-state index contributed by atoms with van der Waals surface area (Å²) in [5.74, 6) is -1.67. The number of nitrogens with zero attached hydrogens (tertiary/aromatic N) is 2. The lowest BCUT2D eigenvalue weighted by Gasteiger charge is -2.55. The van der Waals surface area contributed by atoms with Gasteiger partial charge in [-0.2, -0.15) is 0 Å². The molecule has 1 spiro atoms. The summed E-state index contributed by atoms with van der Waals surface area (Å²) >= 11 is 0. The standard InChI is InChI=1S/C23H32N4O7/c1-14(28)17(25-22(33)34-11-16-7-4-3-5-8-16)20(31)26-10-6-9-23(12-26)13-27(21(23)32)18(15(2)29)19(24)30/h3-5,7-8,14-15,17-18,28-29H,6,9-13H2,1-2H3,(H2,24,30)(H,25,33)/t14-,15-,17+,18+,23?/m1/s1. The number of alkyl carbamates (subject to hydrolysis) is 1. The minimum absolute atomic E-state index is 0.00879. The highest BCUT2D eigenvalue weighted by atomic mass is 16.5. The minimum Gasteiger partial charge on any atom is -0.445 e. The monoisotopic (exact) mass is 476 g/mol. The predicted molar refractivity (Wildman–Crippen MR) is 120 cm³/mol. The van der Waals surface area contributed by atoms with Gasteiger partial charge in [0.2, 0.25) is 17.7 Å². The van der Waals surface area contributed by atoms with Gasteiger partial charge < -0.3 is 35.8 Å². The molecule has 2 aliphatic rings. The fraction of sp³-hybridized carbons (Fsp3) is 0.565. The molecule has 4 amide bonds. The van der Waals surface area contributed by atoms with Crippen molar-refractivity contribution in [2.45, 2.75) is 57.6 Å². The van der Waals surface area contributed by atoms with Crippen molar-refractivity contribution < 1.29 is 34.1 Å². The second kappa shape index (κ2) is 10.4. The highest BCUT2D eigenvalue weighted by Gasteiger charge is 2.58. The first-order valence-electron chi connectivity index (χ1n) is 11.3. The van der Waals surface area contributed by atoms with Gasteiger partial charge in [-0.3, -0.25) is 14.4 Å². The van der Waals surface area contributed by atoms with Crippen LogP contribution in [0.25, 0.3) is 0 Å². The molecule has 5 N–H and O–H groups in total. The summed E-state index contributed by atoms with van der Waals surface area (Å²) < 4.78 is 5.16. The van der Waals surface area contributed by atoms with E-state index in [-0.39, 0.29) is 25.6 Å². The summed E-state index contributed by atoms with van der Waals surface area (Å²) in [4.78, 5) is 52.8. The van der Waals surface area contributed by atoms with E-state index in [2.05, 4.69) is 5.32 Å². The number of benzene rings is 1. The molecule has 1 aromatic carbocycles. The minimum atomic E-state index is -1.25. The topological polar surface area (TPSA) is 162 Å². The summed E-state index contributed by atoms with van der Waals surface area (Å²) in [6.45, 7) is 3.40. The van der Waals surface area contributed by atoms with E-state index < -0.39 is 47.6 Å². The number of carbonyl (C=O) groups is 4. The van der Waals surface area contributed by atoms with E-state index in [1.54, 1.807) is 24.3 Å². The number of hydrogen-bond acceptors (Lipinski definition) is 7. The van der Waals surface area contributed by atoms with Crippen molar-refractivity contribution in [2.24, 2.45) is 11.1 Å². The molecule has 0 radical (unpaired) electrons. The molecule has 34 heavy (non-hydrogen) atoms. The third-order valence-electron chi connectivity index (χ3n) is 6.39. The molecule has 2 aliphatic heterocycles. The van der Waals surface area contributed by atoms with Crippen LogP contribution in [0.15, 0.2) is 30.3 Å². The van der Waals surface area contributed by atoms with Crippen molar-refractivity contribution in [3.8, 4) is 0 Å². The Labute approximate surface area is 197 Å². The molecule has 0 bridgehead atoms. The van der Waals surface area contributed by atoms with Crippen molar-refractivity contribution in [3.05, 3.63) is 35.9 Å². The Morgan fingerprint density at radius 3 is 2.38 bits per heavy atom. The maximum absolute atomic E-state index is 13.2. The Bertz CT molecular complexity index is 923. The first kappa shape index (κ1) is 25.4. The SMILES string of the molecule is C[C@@H](O)[C@H](NC(=O)OCc1ccccc1)C(=O)N1CCCC2(C1)CN([C@H](C(N)=O)[C@@H](C)O)C2=O. The average Bonchev–Trinajstić information content (AvgIpc) is 2.80. The number of carbonyl (C=O) groups excluding carboxylic acids is 4. The van der Waals surface area contributed by atoms with Crippen LogP contribution in [-0.2, 0) is 25.7 Å². The molecule has 1 aromatic rings. The first-order chi connectivity index (χ1) is 16.1. The van der Waals surface area contributed by atoms with Gasteiger partial charge in [0, 0.05) is 19.6 Å². The van der Waals surface area contributed by atoms with Gasteiger partial charge in [-0.1, -0.05) is 30.3 Å². The van der Waals surface area contributed by atoms with E-state index in [9.17, 15) is 29.4 Å². The average molecular weight is 477 g/mol. The summed E-state index contributed by atoms with van der Waals surface area (Å²) in [5.41, 5.74) is 5.24. The fourth-order valence-electron chi connectivity index (χ4n) is 4.66. The van der Waals surface area contributed by atoms with Gasteiger partial charge in [-0.15, -0.1) is 0 Å². The molecule has 0 saturated carbocycles. The normalized spacial score (nSPS) is 23.5. The number of aliphatic hydroxyl groups is 2. The van der Waals surface area contributed by atoms with Crippen molar-refractivity contribution in [1.82, 2.24) is 15.1 Å². The molecule has 11 heteroatoms. The number of likely N-dealkylation sites (tertiary alicyclic amines) is 2. The molecule has 2 heterocycles. The van der Waals surface area contributed by atoms with Crippen LogP contribution >= 0.6 is 0 Å². The second-order valence-corrected chi connectivity index (χ2v) is 9.09. The number of aliphatic hydroxyl groups excluding tert-OH is 2. The third kappa shape index (κ3) is 5.31. The summed E-state index contributed by atoms with van der Waals surface area (Å²) in [6.07, 6.45) is -2.11. The number of nitrogens with two attached hydrogens (primary N) is 1. The Kier molecular flexibility index (Phi) is 7.78. The smallest absolute Gasteiger partial charge is 0.408 e. The van der Waals surface area contributed by atoms with E-state index in [4.69, 9.17) is 10.5 Å². The molecular weight excluding hydrogens is 444 g/mol. The molecule has 186 valence electrons. The quantitative estimate of drug-likeness (QED) is 0.362. The van der Waals surface area contributed by atoms with Crippen molar-refractivity contribution in [2.75, 3.05) is 19.6 Å². The van der Waals surface area contributed by atoms with Gasteiger partial charge >= 0.3 is 6.09 Å². The van der Waals surface area contributed by atoms with Crippen LogP contribution in [0.3, 0.4) is 0 Å². The van der Waals surface area contributed by atoms with E-state index in [1.807, 2.05) is 6.07 Å². The maximum atomic E-state index is 13.2. The molecule has 11 nitrogen and oxygen atoms in total. The Hall–Kier alpha value is -3.18. The molecule has 0 aliphatic carbocycles. The number of piperidine rings is 1. The van der Waals surface area contributed by atoms with Gasteiger partial charge in [0.1, 0.15) is 18.7 Å². The van der Waals surface area contributed by atoms with Gasteiger partial charge in [-0.05, 0) is 32.3 Å². The van der Waals surface area contributed by atoms with Gasteiger partial charge in [0.05, 0.1) is 17.6 Å².